The lowest BCUT2D eigenvalue weighted by atomic mass is 9.85. The second-order valence-electron chi connectivity index (χ2n) is 5.97. The van der Waals surface area contributed by atoms with E-state index < -0.39 is 6.04 Å². The third-order valence-electron chi connectivity index (χ3n) is 4.15. The summed E-state index contributed by atoms with van der Waals surface area (Å²) < 4.78 is 5.10. The highest BCUT2D eigenvalue weighted by Gasteiger charge is 2.21. The summed E-state index contributed by atoms with van der Waals surface area (Å²) in [6, 6.07) is 7.27. The molecule has 2 rings (SSSR count). The molecule has 0 saturated heterocycles. The molecule has 21 heavy (non-hydrogen) atoms. The first-order valence-electron chi connectivity index (χ1n) is 7.83. The van der Waals surface area contributed by atoms with E-state index in [1.165, 1.54) is 32.1 Å². The van der Waals surface area contributed by atoms with Gasteiger partial charge in [0.15, 0.2) is 0 Å². The summed E-state index contributed by atoms with van der Waals surface area (Å²) in [6.07, 6.45) is 7.10. The summed E-state index contributed by atoms with van der Waals surface area (Å²) in [5.74, 6) is 0.523. The Labute approximate surface area is 127 Å². The molecule has 1 saturated carbocycles. The van der Waals surface area contributed by atoms with Crippen LogP contribution in [0.2, 0.25) is 0 Å². The van der Waals surface area contributed by atoms with Gasteiger partial charge in [-0.2, -0.15) is 0 Å². The maximum absolute atomic E-state index is 12.2. The Morgan fingerprint density at radius 2 is 2.14 bits per heavy atom. The minimum Gasteiger partial charge on any atom is -0.380 e. The molecule has 1 aliphatic carbocycles. The summed E-state index contributed by atoms with van der Waals surface area (Å²) in [5.41, 5.74) is 7.88. The maximum Gasteiger partial charge on any atom is 0.241 e. The van der Waals surface area contributed by atoms with Crippen LogP contribution in [0, 0.1) is 5.92 Å². The normalized spacial score (nSPS) is 17.4. The largest absolute Gasteiger partial charge is 0.380 e. The summed E-state index contributed by atoms with van der Waals surface area (Å²) in [6.45, 7) is 0.540. The molecule has 1 aliphatic rings. The third kappa shape index (κ3) is 5.14. The van der Waals surface area contributed by atoms with Gasteiger partial charge in [-0.1, -0.05) is 44.2 Å². The van der Waals surface area contributed by atoms with Crippen LogP contribution in [0.25, 0.3) is 0 Å². The van der Waals surface area contributed by atoms with Gasteiger partial charge in [0, 0.05) is 12.8 Å². The summed E-state index contributed by atoms with van der Waals surface area (Å²) in [7, 11) is 1.66. The molecule has 4 nitrogen and oxygen atoms in total. The summed E-state index contributed by atoms with van der Waals surface area (Å²) in [4.78, 5) is 12.2. The fraction of sp³-hybridized carbons (Fsp3) is 0.588. The second kappa shape index (κ2) is 8.15. The van der Waals surface area contributed by atoms with Crippen LogP contribution in [0.15, 0.2) is 24.3 Å². The van der Waals surface area contributed by atoms with Crippen molar-refractivity contribution in [3.05, 3.63) is 29.8 Å². The summed E-state index contributed by atoms with van der Waals surface area (Å²) >= 11 is 0. The molecule has 0 heterocycles. The maximum atomic E-state index is 12.2. The van der Waals surface area contributed by atoms with E-state index in [0.717, 1.165) is 17.7 Å². The molecule has 1 unspecified atom stereocenters. The van der Waals surface area contributed by atoms with E-state index in [1.54, 1.807) is 7.11 Å². The first kappa shape index (κ1) is 16.0. The highest BCUT2D eigenvalue weighted by Crippen LogP contribution is 2.27. The zero-order valence-electron chi connectivity index (χ0n) is 12.8. The Balaban J connectivity index is 1.86. The molecule has 4 heteroatoms. The average Bonchev–Trinajstić information content (AvgIpc) is 2.49. The van der Waals surface area contributed by atoms with E-state index in [1.807, 2.05) is 24.3 Å². The molecule has 1 fully saturated rings. The molecule has 1 aromatic rings. The van der Waals surface area contributed by atoms with Crippen molar-refractivity contribution >= 4 is 11.6 Å². The van der Waals surface area contributed by atoms with Crippen molar-refractivity contribution in [2.75, 3.05) is 12.4 Å². The monoisotopic (exact) mass is 290 g/mol. The molecule has 1 aromatic carbocycles. The van der Waals surface area contributed by atoms with E-state index in [-0.39, 0.29) is 5.91 Å². The SMILES string of the molecule is COCc1cccc(NC(=O)C(N)CC2CCCCC2)c1. The number of rotatable bonds is 6. The minimum absolute atomic E-state index is 0.0878. The lowest BCUT2D eigenvalue weighted by Gasteiger charge is -2.24. The van der Waals surface area contributed by atoms with Gasteiger partial charge in [-0.3, -0.25) is 4.79 Å². The minimum atomic E-state index is -0.417. The number of carbonyl (C=O) groups excluding carboxylic acids is 1. The number of amides is 1. The fourth-order valence-corrected chi connectivity index (χ4v) is 3.03. The number of methoxy groups -OCH3 is 1. The number of anilines is 1. The van der Waals surface area contributed by atoms with Gasteiger partial charge < -0.3 is 15.8 Å². The molecule has 0 bridgehead atoms. The predicted octanol–water partition coefficient (Wildman–Crippen LogP) is 3.07. The van der Waals surface area contributed by atoms with E-state index in [2.05, 4.69) is 5.32 Å². The molecule has 1 atom stereocenters. The first-order valence-corrected chi connectivity index (χ1v) is 7.83. The zero-order chi connectivity index (χ0) is 15.1. The molecule has 0 spiro atoms. The van der Waals surface area contributed by atoms with Crippen LogP contribution >= 0.6 is 0 Å². The molecule has 0 radical (unpaired) electrons. The smallest absolute Gasteiger partial charge is 0.241 e. The molecule has 3 N–H and O–H groups in total. The fourth-order valence-electron chi connectivity index (χ4n) is 3.03. The van der Waals surface area contributed by atoms with Gasteiger partial charge in [-0.25, -0.2) is 0 Å². The lowest BCUT2D eigenvalue weighted by molar-refractivity contribution is -0.117. The van der Waals surface area contributed by atoms with Crippen LogP contribution in [0.4, 0.5) is 5.69 Å². The zero-order valence-corrected chi connectivity index (χ0v) is 12.8. The Morgan fingerprint density at radius 3 is 2.86 bits per heavy atom. The topological polar surface area (TPSA) is 64.3 Å². The first-order chi connectivity index (χ1) is 10.2. The average molecular weight is 290 g/mol. The quantitative estimate of drug-likeness (QED) is 0.846. The van der Waals surface area contributed by atoms with Crippen LogP contribution in [0.5, 0.6) is 0 Å². The number of benzene rings is 1. The van der Waals surface area contributed by atoms with Gasteiger partial charge in [-0.05, 0) is 30.0 Å². The van der Waals surface area contributed by atoms with Gasteiger partial charge in [0.05, 0.1) is 12.6 Å². The van der Waals surface area contributed by atoms with Crippen molar-refractivity contribution in [2.45, 2.75) is 51.2 Å². The lowest BCUT2D eigenvalue weighted by Crippen LogP contribution is -2.37. The number of carbonyl (C=O) groups is 1. The number of nitrogens with two attached hydrogens (primary N) is 1. The van der Waals surface area contributed by atoms with E-state index >= 15 is 0 Å². The predicted molar refractivity (Wildman–Crippen MR) is 85.0 cm³/mol. The number of hydrogen-bond acceptors (Lipinski definition) is 3. The Bertz CT molecular complexity index is 456. The van der Waals surface area contributed by atoms with Crippen LogP contribution in [0.1, 0.15) is 44.1 Å². The molecule has 116 valence electrons. The molecule has 1 amide bonds. The van der Waals surface area contributed by atoms with Crippen molar-refractivity contribution in [2.24, 2.45) is 11.7 Å². The molecule has 0 aliphatic heterocycles. The van der Waals surface area contributed by atoms with Crippen LogP contribution in [-0.4, -0.2) is 19.1 Å². The van der Waals surface area contributed by atoms with Gasteiger partial charge in [0.1, 0.15) is 0 Å². The van der Waals surface area contributed by atoms with Gasteiger partial charge in [0.25, 0.3) is 0 Å². The standard InChI is InChI=1S/C17H26N2O2/c1-21-12-14-8-5-9-15(10-14)19-17(20)16(18)11-13-6-3-2-4-7-13/h5,8-10,13,16H,2-4,6-7,11-12,18H2,1H3,(H,19,20). The van der Waals surface area contributed by atoms with Crippen molar-refractivity contribution in [1.82, 2.24) is 0 Å². The highest BCUT2D eigenvalue weighted by molar-refractivity contribution is 5.94. The van der Waals surface area contributed by atoms with Gasteiger partial charge >= 0.3 is 0 Å². The second-order valence-corrected chi connectivity index (χ2v) is 5.97. The van der Waals surface area contributed by atoms with Crippen molar-refractivity contribution in [3.63, 3.8) is 0 Å². The van der Waals surface area contributed by atoms with Crippen LogP contribution < -0.4 is 11.1 Å². The van der Waals surface area contributed by atoms with Crippen molar-refractivity contribution < 1.29 is 9.53 Å². The molecule has 0 aromatic heterocycles. The van der Waals surface area contributed by atoms with Crippen molar-refractivity contribution in [3.8, 4) is 0 Å². The Hall–Kier alpha value is -1.39. The van der Waals surface area contributed by atoms with Crippen molar-refractivity contribution in [1.29, 1.82) is 0 Å². The van der Waals surface area contributed by atoms with E-state index in [4.69, 9.17) is 10.5 Å². The molecular weight excluding hydrogens is 264 g/mol. The van der Waals surface area contributed by atoms with Crippen LogP contribution in [-0.2, 0) is 16.1 Å². The number of hydrogen-bond donors (Lipinski definition) is 2. The Morgan fingerprint density at radius 1 is 1.38 bits per heavy atom. The Kier molecular flexibility index (Phi) is 6.21. The summed E-state index contributed by atoms with van der Waals surface area (Å²) in [5, 5.41) is 2.91. The number of nitrogens with one attached hydrogen (secondary N) is 1. The van der Waals surface area contributed by atoms with E-state index in [9.17, 15) is 4.79 Å². The van der Waals surface area contributed by atoms with Gasteiger partial charge in [-0.15, -0.1) is 0 Å². The highest BCUT2D eigenvalue weighted by atomic mass is 16.5. The van der Waals surface area contributed by atoms with Gasteiger partial charge in [0.2, 0.25) is 5.91 Å². The van der Waals surface area contributed by atoms with Crippen LogP contribution in [0.3, 0.4) is 0 Å². The van der Waals surface area contributed by atoms with E-state index in [0.29, 0.717) is 12.5 Å². The number of ether oxygens (including phenoxy) is 1. The molecular formula is C17H26N2O2. The third-order valence-corrected chi connectivity index (χ3v) is 4.15.